The third kappa shape index (κ3) is 6.97. The van der Waals surface area contributed by atoms with Gasteiger partial charge in [0.25, 0.3) is 0 Å². The fraction of sp³-hybridized carbons (Fsp3) is 0.0435. The molecule has 9 rings (SSSR count). The Kier molecular flexibility index (Phi) is 10.1. The Morgan fingerprint density at radius 3 is 1.96 bits per heavy atom. The number of hydrogen-bond donors (Lipinski definition) is 0. The molecule has 3 nitrogen and oxygen atoms in total. The predicted octanol–water partition coefficient (Wildman–Crippen LogP) is 12.2. The van der Waals surface area contributed by atoms with E-state index in [1.54, 1.807) is 17.5 Å². The Balaban J connectivity index is 0.000000265. The van der Waals surface area contributed by atoms with Crippen molar-refractivity contribution in [1.82, 2.24) is 14.5 Å². The van der Waals surface area contributed by atoms with Crippen molar-refractivity contribution >= 4 is 32.5 Å². The first-order valence-electron chi connectivity index (χ1n) is 16.7. The van der Waals surface area contributed by atoms with Crippen LogP contribution in [-0.4, -0.2) is 14.5 Å². The van der Waals surface area contributed by atoms with Crippen LogP contribution in [0.1, 0.15) is 11.1 Å². The average molecular weight is 852 g/mol. The van der Waals surface area contributed by atoms with E-state index in [-0.39, 0.29) is 20.1 Å². The van der Waals surface area contributed by atoms with Crippen LogP contribution in [0.15, 0.2) is 164 Å². The molecule has 6 aromatic carbocycles. The summed E-state index contributed by atoms with van der Waals surface area (Å²) in [6.45, 7) is 4.32. The molecule has 0 atom stereocenters. The van der Waals surface area contributed by atoms with Crippen molar-refractivity contribution in [3.05, 3.63) is 186 Å². The molecule has 0 amide bonds. The quantitative estimate of drug-likeness (QED) is 0.162. The molecule has 0 aliphatic rings. The summed E-state index contributed by atoms with van der Waals surface area (Å²) in [6, 6.07) is 57.9. The van der Waals surface area contributed by atoms with Gasteiger partial charge in [0.2, 0.25) is 0 Å². The first kappa shape index (κ1) is 34.0. The van der Waals surface area contributed by atoms with Gasteiger partial charge in [-0.3, -0.25) is 16.3 Å². The van der Waals surface area contributed by atoms with Crippen LogP contribution >= 0.6 is 11.3 Å². The minimum atomic E-state index is 0. The van der Waals surface area contributed by atoms with Crippen molar-refractivity contribution in [2.24, 2.45) is 0 Å². The van der Waals surface area contributed by atoms with Gasteiger partial charge in [0.1, 0.15) is 0 Å². The maximum atomic E-state index is 5.23. The van der Waals surface area contributed by atoms with E-state index in [1.165, 1.54) is 43.5 Å². The molecular weight excluding hydrogens is 819 g/mol. The second-order valence-electron chi connectivity index (χ2n) is 12.3. The zero-order valence-corrected chi connectivity index (χ0v) is 31.4. The topological polar surface area (TPSA) is 30.7 Å². The van der Waals surface area contributed by atoms with Gasteiger partial charge in [-0.25, -0.2) is 0 Å². The fourth-order valence-electron chi connectivity index (χ4n) is 6.44. The van der Waals surface area contributed by atoms with E-state index in [4.69, 9.17) is 4.98 Å². The normalized spacial score (nSPS) is 10.8. The molecule has 3 aromatic heterocycles. The average Bonchev–Trinajstić information content (AvgIpc) is 3.77. The number of hydrogen-bond acceptors (Lipinski definition) is 3. The second kappa shape index (κ2) is 15.2. The molecule has 0 saturated heterocycles. The summed E-state index contributed by atoms with van der Waals surface area (Å²) >= 11 is 1.66. The van der Waals surface area contributed by atoms with Crippen molar-refractivity contribution in [3.8, 4) is 50.6 Å². The van der Waals surface area contributed by atoms with Crippen molar-refractivity contribution in [1.29, 1.82) is 0 Å². The van der Waals surface area contributed by atoms with E-state index in [0.29, 0.717) is 0 Å². The molecule has 0 N–H and O–H groups in total. The molecule has 51 heavy (non-hydrogen) atoms. The van der Waals surface area contributed by atoms with Crippen LogP contribution in [0.2, 0.25) is 0 Å². The first-order valence-corrected chi connectivity index (χ1v) is 17.5. The molecule has 249 valence electrons. The van der Waals surface area contributed by atoms with Gasteiger partial charge in [0.15, 0.2) is 0 Å². The van der Waals surface area contributed by atoms with E-state index < -0.39 is 0 Å². The SMILES string of the molecule is Cc1cc(-c2ccccc2)c(-n2c(-c3[c-]sc4cc(C)ccc34)nc3ccccc32)c(-c2ccccc2)c1.[Ir].[c-]1ccccc1-c1ccccn1. The molecule has 0 saturated carbocycles. The molecule has 0 aliphatic heterocycles. The standard InChI is InChI=1S/C35H25N2S.C11H8N.Ir/c1-23-17-18-27-30(22-38-33(27)21-23)35-36-31-15-9-10-16-32(31)37(35)34-28(25-11-5-3-6-12-25)19-24(2)20-29(34)26-13-7-4-8-14-26;1-2-6-10(7-3-1)11-8-4-5-9-12-11;/h3-21H,1-2H3;1-6,8-9H;/q2*-1;. The van der Waals surface area contributed by atoms with Crippen molar-refractivity contribution in [3.63, 3.8) is 0 Å². The largest absolute Gasteiger partial charge is 0.332 e. The zero-order valence-electron chi connectivity index (χ0n) is 28.2. The van der Waals surface area contributed by atoms with Gasteiger partial charge >= 0.3 is 0 Å². The van der Waals surface area contributed by atoms with E-state index in [0.717, 1.165) is 39.4 Å². The van der Waals surface area contributed by atoms with Gasteiger partial charge in [-0.1, -0.05) is 118 Å². The maximum absolute atomic E-state index is 5.23. The summed E-state index contributed by atoms with van der Waals surface area (Å²) in [5.74, 6) is 0.916. The Labute approximate surface area is 316 Å². The predicted molar refractivity (Wildman–Crippen MR) is 210 cm³/mol. The number of nitrogens with zero attached hydrogens (tertiary/aromatic N) is 3. The van der Waals surface area contributed by atoms with Crippen LogP contribution in [0.25, 0.3) is 71.7 Å². The fourth-order valence-corrected chi connectivity index (χ4v) is 7.38. The number of benzene rings is 6. The number of rotatable bonds is 5. The summed E-state index contributed by atoms with van der Waals surface area (Å²) in [6.07, 6.45) is 1.79. The van der Waals surface area contributed by atoms with E-state index in [9.17, 15) is 0 Å². The van der Waals surface area contributed by atoms with E-state index >= 15 is 0 Å². The van der Waals surface area contributed by atoms with Crippen LogP contribution in [-0.2, 0) is 20.1 Å². The summed E-state index contributed by atoms with van der Waals surface area (Å²) in [5, 5.41) is 4.80. The molecule has 0 aliphatic carbocycles. The third-order valence-electron chi connectivity index (χ3n) is 8.75. The Bertz CT molecular complexity index is 2440. The molecule has 9 aromatic rings. The molecule has 0 fully saturated rings. The monoisotopic (exact) mass is 852 g/mol. The minimum Gasteiger partial charge on any atom is -0.332 e. The second-order valence-corrected chi connectivity index (χ2v) is 13.1. The zero-order chi connectivity index (χ0) is 33.9. The molecular formula is C46H33IrN3S-2. The number of aromatic nitrogens is 3. The van der Waals surface area contributed by atoms with Crippen molar-refractivity contribution in [2.75, 3.05) is 0 Å². The minimum absolute atomic E-state index is 0. The number of imidazole rings is 1. The Hall–Kier alpha value is -5.45. The van der Waals surface area contributed by atoms with Crippen molar-refractivity contribution < 1.29 is 20.1 Å². The molecule has 1 radical (unpaired) electrons. The molecule has 0 unspecified atom stereocenters. The van der Waals surface area contributed by atoms with Crippen LogP contribution in [0.4, 0.5) is 0 Å². The van der Waals surface area contributed by atoms with E-state index in [2.05, 4.69) is 150 Å². The summed E-state index contributed by atoms with van der Waals surface area (Å²) in [5.41, 5.74) is 13.5. The first-order chi connectivity index (χ1) is 24.6. The van der Waals surface area contributed by atoms with Gasteiger partial charge in [-0.05, 0) is 66.6 Å². The molecule has 5 heteroatoms. The summed E-state index contributed by atoms with van der Waals surface area (Å²) in [7, 11) is 0. The molecule has 0 spiro atoms. The number of aryl methyl sites for hydroxylation is 2. The summed E-state index contributed by atoms with van der Waals surface area (Å²) < 4.78 is 3.59. The van der Waals surface area contributed by atoms with Gasteiger partial charge in [-0.2, -0.15) is 0 Å². The molecule has 0 bridgehead atoms. The van der Waals surface area contributed by atoms with Crippen LogP contribution in [0.3, 0.4) is 0 Å². The van der Waals surface area contributed by atoms with Gasteiger partial charge < -0.3 is 9.55 Å². The van der Waals surface area contributed by atoms with Crippen LogP contribution in [0.5, 0.6) is 0 Å². The Morgan fingerprint density at radius 1 is 0.627 bits per heavy atom. The van der Waals surface area contributed by atoms with Crippen LogP contribution < -0.4 is 0 Å². The smallest absolute Gasteiger partial charge is 0.0774 e. The van der Waals surface area contributed by atoms with E-state index in [1.807, 2.05) is 42.5 Å². The van der Waals surface area contributed by atoms with Crippen LogP contribution in [0, 0.1) is 25.3 Å². The van der Waals surface area contributed by atoms with Gasteiger partial charge in [0.05, 0.1) is 22.5 Å². The maximum Gasteiger partial charge on any atom is 0.0774 e. The number of para-hydroxylation sites is 2. The van der Waals surface area contributed by atoms with Gasteiger partial charge in [0, 0.05) is 37.4 Å². The number of fused-ring (bicyclic) bond motifs is 2. The summed E-state index contributed by atoms with van der Waals surface area (Å²) in [4.78, 5) is 9.45. The number of pyridine rings is 1. The molecule has 3 heterocycles. The van der Waals surface area contributed by atoms with Crippen molar-refractivity contribution in [2.45, 2.75) is 13.8 Å². The Morgan fingerprint density at radius 2 is 1.29 bits per heavy atom. The third-order valence-corrected chi connectivity index (χ3v) is 9.62. The number of thiophene rings is 1. The van der Waals surface area contributed by atoms with Gasteiger partial charge in [-0.15, -0.1) is 47.3 Å².